The van der Waals surface area contributed by atoms with Gasteiger partial charge in [0.15, 0.2) is 0 Å². The van der Waals surface area contributed by atoms with E-state index in [1.165, 1.54) is 12.7 Å². The van der Waals surface area contributed by atoms with Crippen LogP contribution in [0.1, 0.15) is 54.9 Å². The maximum Gasteiger partial charge on any atom is 0.338 e. The lowest BCUT2D eigenvalue weighted by Gasteiger charge is -2.51. The summed E-state index contributed by atoms with van der Waals surface area (Å²) < 4.78 is 10.8. The number of methoxy groups -OCH3 is 1. The van der Waals surface area contributed by atoms with E-state index in [2.05, 4.69) is 35.8 Å². The minimum atomic E-state index is -0.295. The summed E-state index contributed by atoms with van der Waals surface area (Å²) in [6, 6.07) is 17.7. The first kappa shape index (κ1) is 22.7. The van der Waals surface area contributed by atoms with Crippen LogP contribution in [0.3, 0.4) is 0 Å². The van der Waals surface area contributed by atoms with Crippen molar-refractivity contribution in [3.8, 4) is 0 Å². The molecule has 2 N–H and O–H groups in total. The van der Waals surface area contributed by atoms with Crippen LogP contribution in [0.15, 0.2) is 65.9 Å². The van der Waals surface area contributed by atoms with Crippen LogP contribution in [0.4, 0.5) is 5.69 Å². The van der Waals surface area contributed by atoms with E-state index in [0.29, 0.717) is 18.6 Å². The number of anilines is 1. The number of esters is 2. The molecule has 0 radical (unpaired) electrons. The molecule has 2 aromatic rings. The number of carbonyl (C=O) groups excluding carboxylic acids is 2. The Hall–Kier alpha value is -3.12. The predicted octanol–water partition coefficient (Wildman–Crippen LogP) is 4.58. The first-order valence-corrected chi connectivity index (χ1v) is 12.2. The first-order valence-electron chi connectivity index (χ1n) is 12.2. The largest absolute Gasteiger partial charge is 0.466 e. The van der Waals surface area contributed by atoms with Crippen molar-refractivity contribution in [2.24, 2.45) is 5.41 Å². The number of nitrogens with one attached hydrogen (secondary N) is 2. The molecule has 1 spiro atoms. The maximum atomic E-state index is 13.0. The third-order valence-electron chi connectivity index (χ3n) is 8.11. The summed E-state index contributed by atoms with van der Waals surface area (Å²) >= 11 is 0. The van der Waals surface area contributed by atoms with Crippen LogP contribution in [0.25, 0.3) is 0 Å². The van der Waals surface area contributed by atoms with Crippen LogP contribution in [0.2, 0.25) is 0 Å². The molecule has 0 aromatic heterocycles. The van der Waals surface area contributed by atoms with Gasteiger partial charge in [-0.05, 0) is 67.8 Å². The smallest absolute Gasteiger partial charge is 0.338 e. The van der Waals surface area contributed by atoms with Gasteiger partial charge in [0.25, 0.3) is 0 Å². The molecule has 0 saturated carbocycles. The Morgan fingerprint density at radius 1 is 1.06 bits per heavy atom. The summed E-state index contributed by atoms with van der Waals surface area (Å²) in [7, 11) is 1.46. The minimum Gasteiger partial charge on any atom is -0.466 e. The normalized spacial score (nSPS) is 26.8. The Labute approximate surface area is 200 Å². The molecule has 1 aliphatic carbocycles. The molecule has 0 unspecified atom stereocenters. The van der Waals surface area contributed by atoms with Gasteiger partial charge in [0, 0.05) is 17.4 Å². The van der Waals surface area contributed by atoms with Crippen molar-refractivity contribution >= 4 is 17.6 Å². The topological polar surface area (TPSA) is 76.7 Å². The fourth-order valence-corrected chi connectivity index (χ4v) is 6.56. The lowest BCUT2D eigenvalue weighted by molar-refractivity contribution is -0.137. The second kappa shape index (κ2) is 8.91. The Bertz CT molecular complexity index is 1130. The minimum absolute atomic E-state index is 0.151. The van der Waals surface area contributed by atoms with E-state index >= 15 is 0 Å². The zero-order chi connectivity index (χ0) is 23.8. The molecule has 178 valence electrons. The molecular weight excluding hydrogens is 428 g/mol. The number of carbonyl (C=O) groups is 2. The van der Waals surface area contributed by atoms with Gasteiger partial charge >= 0.3 is 11.9 Å². The summed E-state index contributed by atoms with van der Waals surface area (Å²) in [5.41, 5.74) is 4.25. The van der Waals surface area contributed by atoms with E-state index in [-0.39, 0.29) is 28.8 Å². The quantitative estimate of drug-likeness (QED) is 0.465. The van der Waals surface area contributed by atoms with Crippen LogP contribution in [0, 0.1) is 5.41 Å². The Balaban J connectivity index is 1.43. The SMILES string of the molecule is CC[C@@]1(CCCOC(=O)c2ccccc2)CC(C(=O)OC)=C2Nc3ccccc3[C@@]23CCN[C@@H]13. The maximum absolute atomic E-state index is 13.0. The zero-order valence-electron chi connectivity index (χ0n) is 19.9. The molecule has 2 aromatic carbocycles. The van der Waals surface area contributed by atoms with E-state index in [1.54, 1.807) is 12.1 Å². The van der Waals surface area contributed by atoms with Gasteiger partial charge in [-0.3, -0.25) is 0 Å². The van der Waals surface area contributed by atoms with Crippen molar-refractivity contribution in [1.29, 1.82) is 0 Å². The summed E-state index contributed by atoms with van der Waals surface area (Å²) in [6.45, 7) is 3.45. The highest BCUT2D eigenvalue weighted by Gasteiger charge is 2.62. The van der Waals surface area contributed by atoms with Crippen LogP contribution < -0.4 is 10.6 Å². The molecule has 5 rings (SSSR count). The van der Waals surface area contributed by atoms with Crippen LogP contribution in [0.5, 0.6) is 0 Å². The van der Waals surface area contributed by atoms with E-state index in [9.17, 15) is 9.59 Å². The van der Waals surface area contributed by atoms with E-state index < -0.39 is 0 Å². The second-order valence-corrected chi connectivity index (χ2v) is 9.62. The lowest BCUT2D eigenvalue weighted by atomic mass is 9.55. The molecular formula is C28H32N2O4. The standard InChI is InChI=1S/C28H32N2O4/c1-3-27(14-9-17-34-24(31)19-10-5-4-6-11-19)18-20(25(32)33-2)23-28(15-16-29-26(27)28)21-12-7-8-13-22(21)30-23/h4-8,10-13,26,29-30H,3,9,14-18H2,1-2H3/t26-,27+,28-/m0/s1. The van der Waals surface area contributed by atoms with Gasteiger partial charge < -0.3 is 20.1 Å². The number of rotatable bonds is 7. The van der Waals surface area contributed by atoms with Gasteiger partial charge in [0.2, 0.25) is 0 Å². The fourth-order valence-electron chi connectivity index (χ4n) is 6.56. The molecule has 0 amide bonds. The number of benzene rings is 2. The van der Waals surface area contributed by atoms with Crippen LogP contribution in [-0.2, 0) is 19.7 Å². The van der Waals surface area contributed by atoms with Crippen molar-refractivity contribution in [3.05, 3.63) is 77.0 Å². The molecule has 2 aliphatic heterocycles. The Kier molecular flexibility index (Phi) is 5.94. The van der Waals surface area contributed by atoms with Crippen molar-refractivity contribution in [3.63, 3.8) is 0 Å². The van der Waals surface area contributed by atoms with Crippen molar-refractivity contribution < 1.29 is 19.1 Å². The molecule has 2 heterocycles. The first-order chi connectivity index (χ1) is 16.6. The van der Waals surface area contributed by atoms with E-state index in [0.717, 1.165) is 49.2 Å². The monoisotopic (exact) mass is 460 g/mol. The van der Waals surface area contributed by atoms with Crippen LogP contribution in [-0.4, -0.2) is 38.2 Å². The number of hydrogen-bond acceptors (Lipinski definition) is 6. The molecule has 6 heteroatoms. The van der Waals surface area contributed by atoms with Gasteiger partial charge in [0.05, 0.1) is 30.3 Å². The van der Waals surface area contributed by atoms with Gasteiger partial charge in [0.1, 0.15) is 0 Å². The fraction of sp³-hybridized carbons (Fsp3) is 0.429. The van der Waals surface area contributed by atoms with Gasteiger partial charge in [-0.2, -0.15) is 0 Å². The number of hydrogen-bond donors (Lipinski definition) is 2. The van der Waals surface area contributed by atoms with Crippen molar-refractivity contribution in [2.75, 3.05) is 25.6 Å². The van der Waals surface area contributed by atoms with Crippen LogP contribution >= 0.6 is 0 Å². The molecule has 3 atom stereocenters. The zero-order valence-corrected chi connectivity index (χ0v) is 19.9. The molecule has 6 nitrogen and oxygen atoms in total. The van der Waals surface area contributed by atoms with E-state index in [4.69, 9.17) is 9.47 Å². The predicted molar refractivity (Wildman–Crippen MR) is 130 cm³/mol. The highest BCUT2D eigenvalue weighted by molar-refractivity contribution is 5.93. The third-order valence-corrected chi connectivity index (χ3v) is 8.11. The Morgan fingerprint density at radius 2 is 1.82 bits per heavy atom. The number of ether oxygens (including phenoxy) is 2. The summed E-state index contributed by atoms with van der Waals surface area (Å²) in [5, 5.41) is 7.42. The lowest BCUT2D eigenvalue weighted by Crippen LogP contribution is -2.56. The van der Waals surface area contributed by atoms with E-state index in [1.807, 2.05) is 24.3 Å². The highest BCUT2D eigenvalue weighted by atomic mass is 16.5. The molecule has 1 saturated heterocycles. The van der Waals surface area contributed by atoms with Crippen molar-refractivity contribution in [1.82, 2.24) is 5.32 Å². The molecule has 0 bridgehead atoms. The molecule has 34 heavy (non-hydrogen) atoms. The van der Waals surface area contributed by atoms with Gasteiger partial charge in [-0.25, -0.2) is 9.59 Å². The highest BCUT2D eigenvalue weighted by Crippen LogP contribution is 2.61. The molecule has 3 aliphatic rings. The number of para-hydroxylation sites is 1. The number of fused-ring (bicyclic) bond motifs is 1. The van der Waals surface area contributed by atoms with Crippen molar-refractivity contribution in [2.45, 2.75) is 50.5 Å². The van der Waals surface area contributed by atoms with Gasteiger partial charge in [-0.15, -0.1) is 0 Å². The average Bonchev–Trinajstić information content (AvgIpc) is 3.48. The summed E-state index contributed by atoms with van der Waals surface area (Å²) in [6.07, 6.45) is 4.07. The average molecular weight is 461 g/mol. The third kappa shape index (κ3) is 3.43. The summed E-state index contributed by atoms with van der Waals surface area (Å²) in [5.74, 6) is -0.551. The summed E-state index contributed by atoms with van der Waals surface area (Å²) in [4.78, 5) is 25.4. The second-order valence-electron chi connectivity index (χ2n) is 9.62. The Morgan fingerprint density at radius 3 is 2.59 bits per heavy atom. The van der Waals surface area contributed by atoms with Gasteiger partial charge in [-0.1, -0.05) is 43.3 Å². The molecule has 1 fully saturated rings.